The van der Waals surface area contributed by atoms with Crippen LogP contribution in [0, 0.1) is 5.92 Å². The lowest BCUT2D eigenvalue weighted by Gasteiger charge is -2.22. The van der Waals surface area contributed by atoms with E-state index in [0.29, 0.717) is 23.3 Å². The Labute approximate surface area is 135 Å². The number of likely N-dealkylation sites (N-methyl/N-ethyl adjacent to an activating group) is 1. The molecular weight excluding hydrogens is 298 g/mol. The normalized spacial score (nSPS) is 24.4. The molecule has 1 N–H and O–H groups in total. The minimum atomic E-state index is -0.00966. The van der Waals surface area contributed by atoms with E-state index in [-0.39, 0.29) is 11.8 Å². The fourth-order valence-electron chi connectivity index (χ4n) is 3.19. The van der Waals surface area contributed by atoms with Crippen molar-refractivity contribution in [2.75, 3.05) is 38.3 Å². The van der Waals surface area contributed by atoms with Gasteiger partial charge in [-0.2, -0.15) is 0 Å². The SMILES string of the molecule is C[C@H]1CN(C(=O)c2ccc3c(c2)NC(=O)CS3)C[C@H]1N(C)C. The van der Waals surface area contributed by atoms with Gasteiger partial charge in [0.2, 0.25) is 5.91 Å². The summed E-state index contributed by atoms with van der Waals surface area (Å²) < 4.78 is 0. The zero-order valence-electron chi connectivity index (χ0n) is 13.1. The highest BCUT2D eigenvalue weighted by Gasteiger charge is 2.34. The number of thioether (sulfide) groups is 1. The summed E-state index contributed by atoms with van der Waals surface area (Å²) in [4.78, 5) is 29.3. The molecule has 1 aromatic rings. The van der Waals surface area contributed by atoms with Crippen LogP contribution in [-0.2, 0) is 4.79 Å². The van der Waals surface area contributed by atoms with Crippen molar-refractivity contribution in [3.8, 4) is 0 Å². The third-order valence-electron chi connectivity index (χ3n) is 4.38. The largest absolute Gasteiger partial charge is 0.337 e. The van der Waals surface area contributed by atoms with Gasteiger partial charge < -0.3 is 15.1 Å². The van der Waals surface area contributed by atoms with Crippen LogP contribution in [0.15, 0.2) is 23.1 Å². The van der Waals surface area contributed by atoms with Crippen molar-refractivity contribution in [2.45, 2.75) is 17.9 Å². The molecule has 2 atom stereocenters. The molecule has 0 saturated carbocycles. The number of amides is 2. The van der Waals surface area contributed by atoms with Gasteiger partial charge in [0.25, 0.3) is 5.91 Å². The number of rotatable bonds is 2. The second-order valence-corrected chi connectivity index (χ2v) is 7.28. The molecule has 2 amide bonds. The molecule has 0 bridgehead atoms. The second-order valence-electron chi connectivity index (χ2n) is 6.27. The number of nitrogens with zero attached hydrogens (tertiary/aromatic N) is 2. The summed E-state index contributed by atoms with van der Waals surface area (Å²) in [6.07, 6.45) is 0. The van der Waals surface area contributed by atoms with E-state index in [1.165, 1.54) is 11.8 Å². The van der Waals surface area contributed by atoms with E-state index in [9.17, 15) is 9.59 Å². The molecule has 5 nitrogen and oxygen atoms in total. The Morgan fingerprint density at radius 1 is 1.36 bits per heavy atom. The summed E-state index contributed by atoms with van der Waals surface area (Å²) in [5.41, 5.74) is 1.40. The van der Waals surface area contributed by atoms with Gasteiger partial charge in [-0.05, 0) is 38.2 Å². The average Bonchev–Trinajstić information content (AvgIpc) is 2.88. The molecule has 0 aromatic heterocycles. The molecule has 2 aliphatic heterocycles. The first-order valence-electron chi connectivity index (χ1n) is 7.48. The molecule has 22 heavy (non-hydrogen) atoms. The van der Waals surface area contributed by atoms with Gasteiger partial charge >= 0.3 is 0 Å². The Hall–Kier alpha value is -1.53. The van der Waals surface area contributed by atoms with Crippen molar-refractivity contribution in [3.63, 3.8) is 0 Å². The van der Waals surface area contributed by atoms with E-state index in [4.69, 9.17) is 0 Å². The maximum absolute atomic E-state index is 12.7. The van der Waals surface area contributed by atoms with Crippen molar-refractivity contribution in [1.82, 2.24) is 9.80 Å². The van der Waals surface area contributed by atoms with Crippen LogP contribution in [0.4, 0.5) is 5.69 Å². The van der Waals surface area contributed by atoms with E-state index in [1.54, 1.807) is 6.07 Å². The number of benzene rings is 1. The summed E-state index contributed by atoms with van der Waals surface area (Å²) >= 11 is 1.51. The molecular formula is C16H21N3O2S. The first-order valence-corrected chi connectivity index (χ1v) is 8.46. The lowest BCUT2D eigenvalue weighted by molar-refractivity contribution is -0.113. The molecule has 1 aromatic carbocycles. The first kappa shape index (κ1) is 15.4. The molecule has 6 heteroatoms. The van der Waals surface area contributed by atoms with E-state index < -0.39 is 0 Å². The Kier molecular flexibility index (Phi) is 4.14. The summed E-state index contributed by atoms with van der Waals surface area (Å²) in [6.45, 7) is 3.72. The van der Waals surface area contributed by atoms with Crippen LogP contribution >= 0.6 is 11.8 Å². The van der Waals surface area contributed by atoms with Crippen LogP contribution in [0.1, 0.15) is 17.3 Å². The van der Waals surface area contributed by atoms with Crippen LogP contribution in [0.5, 0.6) is 0 Å². The molecule has 1 saturated heterocycles. The summed E-state index contributed by atoms with van der Waals surface area (Å²) in [6, 6.07) is 5.99. The van der Waals surface area contributed by atoms with Crippen LogP contribution in [0.25, 0.3) is 0 Å². The zero-order chi connectivity index (χ0) is 15.9. The monoisotopic (exact) mass is 319 g/mol. The zero-order valence-corrected chi connectivity index (χ0v) is 13.9. The molecule has 2 aliphatic rings. The summed E-state index contributed by atoms with van der Waals surface area (Å²) in [5, 5.41) is 2.84. The smallest absolute Gasteiger partial charge is 0.253 e. The van der Waals surface area contributed by atoms with Crippen molar-refractivity contribution in [2.24, 2.45) is 5.92 Å². The Morgan fingerprint density at radius 3 is 2.82 bits per heavy atom. The van der Waals surface area contributed by atoms with Gasteiger partial charge in [0, 0.05) is 29.6 Å². The van der Waals surface area contributed by atoms with Crippen molar-refractivity contribution < 1.29 is 9.59 Å². The van der Waals surface area contributed by atoms with Gasteiger partial charge in [-0.1, -0.05) is 6.92 Å². The van der Waals surface area contributed by atoms with E-state index in [0.717, 1.165) is 23.7 Å². The molecule has 0 radical (unpaired) electrons. The quantitative estimate of drug-likeness (QED) is 0.902. The lowest BCUT2D eigenvalue weighted by atomic mass is 10.1. The predicted octanol–water partition coefficient (Wildman–Crippen LogP) is 1.75. The molecule has 3 rings (SSSR count). The number of carbonyl (C=O) groups excluding carboxylic acids is 2. The molecule has 1 fully saturated rings. The third-order valence-corrected chi connectivity index (χ3v) is 5.46. The van der Waals surface area contributed by atoms with Crippen LogP contribution in [0.3, 0.4) is 0 Å². The van der Waals surface area contributed by atoms with Crippen molar-refractivity contribution in [3.05, 3.63) is 23.8 Å². The average molecular weight is 319 g/mol. The number of carbonyl (C=O) groups is 2. The van der Waals surface area contributed by atoms with E-state index >= 15 is 0 Å². The van der Waals surface area contributed by atoms with Crippen LogP contribution < -0.4 is 5.32 Å². The molecule has 2 heterocycles. The molecule has 0 spiro atoms. The number of hydrogen-bond donors (Lipinski definition) is 1. The first-order chi connectivity index (χ1) is 10.5. The molecule has 0 aliphatic carbocycles. The lowest BCUT2D eigenvalue weighted by Crippen LogP contribution is -2.35. The number of likely N-dealkylation sites (tertiary alicyclic amines) is 1. The maximum atomic E-state index is 12.7. The number of hydrogen-bond acceptors (Lipinski definition) is 4. The van der Waals surface area contributed by atoms with Gasteiger partial charge in [0.05, 0.1) is 11.4 Å². The highest BCUT2D eigenvalue weighted by molar-refractivity contribution is 8.00. The second kappa shape index (κ2) is 5.93. The topological polar surface area (TPSA) is 52.7 Å². The number of anilines is 1. The maximum Gasteiger partial charge on any atom is 0.253 e. The summed E-state index contributed by atoms with van der Waals surface area (Å²) in [7, 11) is 4.11. The molecule has 0 unspecified atom stereocenters. The van der Waals surface area contributed by atoms with Gasteiger partial charge in [-0.3, -0.25) is 9.59 Å². The summed E-state index contributed by atoms with van der Waals surface area (Å²) in [5.74, 6) is 0.939. The Morgan fingerprint density at radius 2 is 2.14 bits per heavy atom. The fourth-order valence-corrected chi connectivity index (χ4v) is 3.97. The molecule has 118 valence electrons. The minimum absolute atomic E-state index is 0.00966. The van der Waals surface area contributed by atoms with Crippen molar-refractivity contribution in [1.29, 1.82) is 0 Å². The van der Waals surface area contributed by atoms with Crippen LogP contribution in [0.2, 0.25) is 0 Å². The number of nitrogens with one attached hydrogen (secondary N) is 1. The van der Waals surface area contributed by atoms with E-state index in [2.05, 4.69) is 31.2 Å². The standard InChI is InChI=1S/C16H21N3O2S/c1-10-7-19(8-13(10)18(2)3)16(21)11-4-5-14-12(6-11)17-15(20)9-22-14/h4-6,10,13H,7-9H2,1-3H3,(H,17,20)/t10-,13+/m0/s1. The van der Waals surface area contributed by atoms with Gasteiger partial charge in [0.1, 0.15) is 0 Å². The predicted molar refractivity (Wildman–Crippen MR) is 88.3 cm³/mol. The van der Waals surface area contributed by atoms with Gasteiger partial charge in [-0.15, -0.1) is 11.8 Å². The Balaban J connectivity index is 1.79. The Bertz CT molecular complexity index is 617. The minimum Gasteiger partial charge on any atom is -0.337 e. The third kappa shape index (κ3) is 2.85. The van der Waals surface area contributed by atoms with Gasteiger partial charge in [-0.25, -0.2) is 0 Å². The van der Waals surface area contributed by atoms with Crippen molar-refractivity contribution >= 4 is 29.3 Å². The highest BCUT2D eigenvalue weighted by atomic mass is 32.2. The van der Waals surface area contributed by atoms with E-state index in [1.807, 2.05) is 17.0 Å². The van der Waals surface area contributed by atoms with Crippen LogP contribution in [-0.4, -0.2) is 60.6 Å². The highest BCUT2D eigenvalue weighted by Crippen LogP contribution is 2.32. The van der Waals surface area contributed by atoms with Gasteiger partial charge in [0.15, 0.2) is 0 Å². The number of fused-ring (bicyclic) bond motifs is 1. The fraction of sp³-hybridized carbons (Fsp3) is 0.500.